The van der Waals surface area contributed by atoms with Gasteiger partial charge < -0.3 is 9.47 Å². The number of hydrogen-bond acceptors (Lipinski definition) is 6. The third-order valence-electron chi connectivity index (χ3n) is 1.71. The van der Waals surface area contributed by atoms with Crippen LogP contribution >= 0.6 is 0 Å². The molecule has 1 heterocycles. The number of esters is 2. The molecule has 1 atom stereocenters. The summed E-state index contributed by atoms with van der Waals surface area (Å²) in [5.74, 6) is -1.62. The van der Waals surface area contributed by atoms with Gasteiger partial charge in [-0.15, -0.1) is 0 Å². The lowest BCUT2D eigenvalue weighted by molar-refractivity contribution is -0.144. The third kappa shape index (κ3) is 2.38. The average molecular weight is 199 g/mol. The van der Waals surface area contributed by atoms with E-state index in [1.165, 1.54) is 7.11 Å². The molecule has 0 amide bonds. The third-order valence-corrected chi connectivity index (χ3v) is 1.71. The second kappa shape index (κ2) is 4.50. The molecule has 0 N–H and O–H groups in total. The first-order valence-corrected chi connectivity index (χ1v) is 3.97. The summed E-state index contributed by atoms with van der Waals surface area (Å²) >= 11 is 0. The molecule has 0 bridgehead atoms. The van der Waals surface area contributed by atoms with Crippen LogP contribution in [-0.4, -0.2) is 37.3 Å². The Labute approximate surface area is 79.9 Å². The highest BCUT2D eigenvalue weighted by Gasteiger charge is 2.30. The molecule has 0 aromatic heterocycles. The Balaban J connectivity index is 2.39. The smallest absolute Gasteiger partial charge is 0.345 e. The Morgan fingerprint density at radius 3 is 2.79 bits per heavy atom. The molecule has 0 saturated heterocycles. The van der Waals surface area contributed by atoms with Crippen molar-refractivity contribution in [1.82, 2.24) is 0 Å². The molecule has 1 aliphatic rings. The highest BCUT2D eigenvalue weighted by molar-refractivity contribution is 6.08. The van der Waals surface area contributed by atoms with E-state index in [0.29, 0.717) is 0 Å². The van der Waals surface area contributed by atoms with E-state index in [-0.39, 0.29) is 12.8 Å². The van der Waals surface area contributed by atoms with Crippen molar-refractivity contribution in [1.29, 1.82) is 0 Å². The van der Waals surface area contributed by atoms with Gasteiger partial charge in [-0.25, -0.2) is 9.79 Å². The van der Waals surface area contributed by atoms with Crippen LogP contribution in [0.3, 0.4) is 0 Å². The van der Waals surface area contributed by atoms with E-state index in [2.05, 4.69) is 14.5 Å². The van der Waals surface area contributed by atoms with Crippen molar-refractivity contribution < 1.29 is 23.9 Å². The van der Waals surface area contributed by atoms with Crippen LogP contribution in [0.1, 0.15) is 12.8 Å². The molecule has 6 heteroatoms. The molecule has 0 fully saturated rings. The number of cyclic esters (lactones) is 1. The zero-order chi connectivity index (χ0) is 10.6. The second-order valence-corrected chi connectivity index (χ2v) is 2.64. The molecule has 0 aromatic carbocycles. The molecule has 0 spiro atoms. The number of carbonyl (C=O) groups excluding carboxylic acids is 3. The lowest BCUT2D eigenvalue weighted by Crippen LogP contribution is -2.25. The summed E-state index contributed by atoms with van der Waals surface area (Å²) in [6.07, 6.45) is 0.821. The number of Topliss-reactive ketones (excluding diaryl/α,β-unsaturated/α-hetero) is 1. The van der Waals surface area contributed by atoms with E-state index < -0.39 is 23.8 Å². The summed E-state index contributed by atoms with van der Waals surface area (Å²) in [5.41, 5.74) is 0. The Morgan fingerprint density at radius 1 is 1.57 bits per heavy atom. The summed E-state index contributed by atoms with van der Waals surface area (Å²) in [7, 11) is 1.23. The van der Waals surface area contributed by atoms with Crippen molar-refractivity contribution in [2.24, 2.45) is 4.99 Å². The fourth-order valence-corrected chi connectivity index (χ4v) is 0.947. The highest BCUT2D eigenvalue weighted by atomic mass is 16.5. The van der Waals surface area contributed by atoms with Gasteiger partial charge in [-0.1, -0.05) is 0 Å². The maximum Gasteiger partial charge on any atom is 0.345 e. The van der Waals surface area contributed by atoms with Gasteiger partial charge in [0.2, 0.25) is 6.04 Å². The van der Waals surface area contributed by atoms with Crippen molar-refractivity contribution in [3.63, 3.8) is 0 Å². The fraction of sp³-hybridized carbons (Fsp3) is 0.500. The van der Waals surface area contributed by atoms with Gasteiger partial charge in [0.1, 0.15) is 0 Å². The molecular weight excluding hydrogens is 190 g/mol. The Kier molecular flexibility index (Phi) is 3.33. The van der Waals surface area contributed by atoms with Crippen LogP contribution in [0.4, 0.5) is 0 Å². The lowest BCUT2D eigenvalue weighted by Gasteiger charge is -2.01. The number of carbonyl (C=O) groups is 3. The van der Waals surface area contributed by atoms with Crippen LogP contribution in [0, 0.1) is 0 Å². The monoisotopic (exact) mass is 199 g/mol. The minimum atomic E-state index is -1.10. The summed E-state index contributed by atoms with van der Waals surface area (Å²) in [6, 6.07) is -1.10. The predicted octanol–water partition coefficient (Wildman–Crippen LogP) is -0.538. The normalized spacial score (nSPS) is 19.2. The quantitative estimate of drug-likeness (QED) is 0.448. The van der Waals surface area contributed by atoms with Crippen LogP contribution in [0.25, 0.3) is 0 Å². The zero-order valence-corrected chi connectivity index (χ0v) is 7.56. The van der Waals surface area contributed by atoms with Crippen LogP contribution in [0.5, 0.6) is 0 Å². The van der Waals surface area contributed by atoms with E-state index in [1.807, 2.05) is 0 Å². The van der Waals surface area contributed by atoms with Crippen molar-refractivity contribution in [3.05, 3.63) is 0 Å². The molecule has 1 aliphatic heterocycles. The van der Waals surface area contributed by atoms with Crippen molar-refractivity contribution in [2.75, 3.05) is 7.11 Å². The van der Waals surface area contributed by atoms with Gasteiger partial charge in [-0.2, -0.15) is 0 Å². The Morgan fingerprint density at radius 2 is 2.29 bits per heavy atom. The number of hydrogen-bond donors (Lipinski definition) is 0. The second-order valence-electron chi connectivity index (χ2n) is 2.64. The molecule has 0 aromatic rings. The predicted molar refractivity (Wildman–Crippen MR) is 44.6 cm³/mol. The lowest BCUT2D eigenvalue weighted by atomic mass is 10.1. The van der Waals surface area contributed by atoms with E-state index in [9.17, 15) is 14.4 Å². The van der Waals surface area contributed by atoms with Crippen LogP contribution in [-0.2, 0) is 23.9 Å². The SMILES string of the molecule is COC(=O)CCC(=O)C1N=COC1=O. The summed E-state index contributed by atoms with van der Waals surface area (Å²) in [6.45, 7) is 0. The van der Waals surface area contributed by atoms with Crippen LogP contribution < -0.4 is 0 Å². The van der Waals surface area contributed by atoms with Gasteiger partial charge in [0.25, 0.3) is 0 Å². The first kappa shape index (κ1) is 10.4. The standard InChI is InChI=1S/C8H9NO5/c1-13-6(11)3-2-5(10)7-8(12)14-4-9-7/h4,7H,2-3H2,1H3. The molecule has 0 radical (unpaired) electrons. The number of nitrogens with zero attached hydrogens (tertiary/aromatic N) is 1. The summed E-state index contributed by atoms with van der Waals surface area (Å²) in [5, 5.41) is 0. The molecule has 0 saturated carbocycles. The minimum Gasteiger partial charge on any atom is -0.469 e. The number of rotatable bonds is 4. The molecule has 1 rings (SSSR count). The first-order chi connectivity index (χ1) is 6.65. The van der Waals surface area contributed by atoms with Crippen molar-refractivity contribution >= 4 is 24.1 Å². The zero-order valence-electron chi connectivity index (χ0n) is 7.56. The van der Waals surface area contributed by atoms with E-state index in [4.69, 9.17) is 0 Å². The molecule has 76 valence electrons. The Bertz CT molecular complexity index is 296. The molecular formula is C8H9NO5. The number of methoxy groups -OCH3 is 1. The van der Waals surface area contributed by atoms with Crippen LogP contribution in [0.15, 0.2) is 4.99 Å². The number of aliphatic imine (C=N–C) groups is 1. The topological polar surface area (TPSA) is 82.0 Å². The fourth-order valence-electron chi connectivity index (χ4n) is 0.947. The first-order valence-electron chi connectivity index (χ1n) is 3.97. The van der Waals surface area contributed by atoms with E-state index in [1.54, 1.807) is 0 Å². The largest absolute Gasteiger partial charge is 0.469 e. The van der Waals surface area contributed by atoms with Gasteiger partial charge in [0.05, 0.1) is 13.5 Å². The van der Waals surface area contributed by atoms with Gasteiger partial charge >= 0.3 is 11.9 Å². The van der Waals surface area contributed by atoms with Gasteiger partial charge in [0, 0.05) is 6.42 Å². The van der Waals surface area contributed by atoms with Crippen molar-refractivity contribution in [2.45, 2.75) is 18.9 Å². The summed E-state index contributed by atoms with van der Waals surface area (Å²) in [4.78, 5) is 36.3. The number of ketones is 1. The Hall–Kier alpha value is -1.72. The van der Waals surface area contributed by atoms with Crippen molar-refractivity contribution in [3.8, 4) is 0 Å². The number of ether oxygens (including phenoxy) is 2. The van der Waals surface area contributed by atoms with Gasteiger partial charge in [0.15, 0.2) is 12.2 Å². The molecule has 6 nitrogen and oxygen atoms in total. The average Bonchev–Trinajstić information content (AvgIpc) is 2.60. The van der Waals surface area contributed by atoms with Gasteiger partial charge in [-0.05, 0) is 0 Å². The highest BCUT2D eigenvalue weighted by Crippen LogP contribution is 2.07. The van der Waals surface area contributed by atoms with Crippen LogP contribution in [0.2, 0.25) is 0 Å². The molecule has 0 aliphatic carbocycles. The van der Waals surface area contributed by atoms with E-state index in [0.717, 1.165) is 6.40 Å². The summed E-state index contributed by atoms with van der Waals surface area (Å²) < 4.78 is 8.70. The molecule has 1 unspecified atom stereocenters. The van der Waals surface area contributed by atoms with E-state index >= 15 is 0 Å². The maximum absolute atomic E-state index is 11.3. The minimum absolute atomic E-state index is 0.0470. The van der Waals surface area contributed by atoms with Gasteiger partial charge in [-0.3, -0.25) is 9.59 Å². The maximum atomic E-state index is 11.3. The molecule has 14 heavy (non-hydrogen) atoms.